The Morgan fingerprint density at radius 1 is 0.957 bits per heavy atom. The van der Waals surface area contributed by atoms with E-state index in [4.69, 9.17) is 0 Å². The van der Waals surface area contributed by atoms with Crippen molar-refractivity contribution in [2.24, 2.45) is 5.10 Å². The number of anilines is 1. The Kier molecular flexibility index (Phi) is 5.19. The SMILES string of the molecule is C/C(=N\NC(=O)C(=O)Nc1ccc(C)cc1)c1ccc(F)cc1. The molecule has 0 unspecified atom stereocenters. The molecule has 0 fully saturated rings. The van der Waals surface area contributed by atoms with Gasteiger partial charge in [0.05, 0.1) is 5.71 Å². The normalized spacial score (nSPS) is 11.0. The summed E-state index contributed by atoms with van der Waals surface area (Å²) in [6.45, 7) is 3.57. The van der Waals surface area contributed by atoms with Crippen molar-refractivity contribution in [3.63, 3.8) is 0 Å². The summed E-state index contributed by atoms with van der Waals surface area (Å²) in [5.41, 5.74) is 4.85. The molecule has 2 amide bonds. The number of hydrogen-bond acceptors (Lipinski definition) is 3. The van der Waals surface area contributed by atoms with Gasteiger partial charge in [-0.15, -0.1) is 0 Å². The van der Waals surface area contributed by atoms with Gasteiger partial charge in [0, 0.05) is 5.69 Å². The zero-order chi connectivity index (χ0) is 16.8. The molecular weight excluding hydrogens is 297 g/mol. The van der Waals surface area contributed by atoms with Gasteiger partial charge < -0.3 is 5.32 Å². The van der Waals surface area contributed by atoms with Gasteiger partial charge in [0.2, 0.25) is 0 Å². The smallest absolute Gasteiger partial charge is 0.318 e. The van der Waals surface area contributed by atoms with E-state index in [-0.39, 0.29) is 5.82 Å². The highest BCUT2D eigenvalue weighted by Crippen LogP contribution is 2.08. The Balaban J connectivity index is 1.95. The molecular formula is C17H16FN3O2. The zero-order valence-corrected chi connectivity index (χ0v) is 12.8. The maximum Gasteiger partial charge on any atom is 0.329 e. The summed E-state index contributed by atoms with van der Waals surface area (Å²) >= 11 is 0. The van der Waals surface area contributed by atoms with Crippen molar-refractivity contribution < 1.29 is 14.0 Å². The summed E-state index contributed by atoms with van der Waals surface area (Å²) in [6.07, 6.45) is 0. The van der Waals surface area contributed by atoms with Crippen molar-refractivity contribution >= 4 is 23.2 Å². The molecule has 0 aromatic heterocycles. The first-order valence-corrected chi connectivity index (χ1v) is 6.94. The first-order chi connectivity index (χ1) is 11.0. The summed E-state index contributed by atoms with van der Waals surface area (Å²) in [7, 11) is 0. The van der Waals surface area contributed by atoms with Crippen LogP contribution < -0.4 is 10.7 Å². The third-order valence-electron chi connectivity index (χ3n) is 3.10. The van der Waals surface area contributed by atoms with Crippen LogP contribution in [0.15, 0.2) is 53.6 Å². The van der Waals surface area contributed by atoms with Crippen molar-refractivity contribution in [3.05, 3.63) is 65.5 Å². The van der Waals surface area contributed by atoms with Crippen molar-refractivity contribution in [2.75, 3.05) is 5.32 Å². The van der Waals surface area contributed by atoms with Crippen LogP contribution in [-0.4, -0.2) is 17.5 Å². The van der Waals surface area contributed by atoms with E-state index in [9.17, 15) is 14.0 Å². The number of amides is 2. The van der Waals surface area contributed by atoms with Gasteiger partial charge in [-0.25, -0.2) is 9.82 Å². The number of benzene rings is 2. The van der Waals surface area contributed by atoms with Gasteiger partial charge >= 0.3 is 11.8 Å². The van der Waals surface area contributed by atoms with Crippen LogP contribution in [0.1, 0.15) is 18.1 Å². The Bertz CT molecular complexity index is 737. The van der Waals surface area contributed by atoms with Gasteiger partial charge in [0.1, 0.15) is 5.82 Å². The van der Waals surface area contributed by atoms with E-state index in [2.05, 4.69) is 15.8 Å². The molecule has 0 atom stereocenters. The van der Waals surface area contributed by atoms with Gasteiger partial charge in [0.25, 0.3) is 0 Å². The van der Waals surface area contributed by atoms with Crippen LogP contribution in [0.4, 0.5) is 10.1 Å². The summed E-state index contributed by atoms with van der Waals surface area (Å²) in [5.74, 6) is -2.06. The number of halogens is 1. The third kappa shape index (κ3) is 4.74. The number of rotatable bonds is 3. The van der Waals surface area contributed by atoms with Crippen LogP contribution in [-0.2, 0) is 9.59 Å². The average molecular weight is 313 g/mol. The summed E-state index contributed by atoms with van der Waals surface area (Å²) in [6, 6.07) is 12.7. The minimum Gasteiger partial charge on any atom is -0.318 e. The van der Waals surface area contributed by atoms with Gasteiger partial charge in [-0.3, -0.25) is 9.59 Å². The number of nitrogens with one attached hydrogen (secondary N) is 2. The number of nitrogens with zero attached hydrogens (tertiary/aromatic N) is 1. The molecule has 2 aromatic rings. The molecule has 2 rings (SSSR count). The largest absolute Gasteiger partial charge is 0.329 e. The lowest BCUT2D eigenvalue weighted by atomic mass is 10.1. The number of aryl methyl sites for hydroxylation is 1. The first-order valence-electron chi connectivity index (χ1n) is 6.94. The molecule has 5 nitrogen and oxygen atoms in total. The lowest BCUT2D eigenvalue weighted by Crippen LogP contribution is -2.32. The fraction of sp³-hybridized carbons (Fsp3) is 0.118. The highest BCUT2D eigenvalue weighted by Gasteiger charge is 2.13. The second kappa shape index (κ2) is 7.31. The second-order valence-electron chi connectivity index (χ2n) is 4.97. The van der Waals surface area contributed by atoms with Gasteiger partial charge in [-0.2, -0.15) is 5.10 Å². The predicted molar refractivity (Wildman–Crippen MR) is 86.6 cm³/mol. The fourth-order valence-corrected chi connectivity index (χ4v) is 1.77. The number of carbonyl (C=O) groups excluding carboxylic acids is 2. The molecule has 0 radical (unpaired) electrons. The predicted octanol–water partition coefficient (Wildman–Crippen LogP) is 2.61. The molecule has 0 saturated heterocycles. The number of hydrogen-bond donors (Lipinski definition) is 2. The van der Waals surface area contributed by atoms with E-state index >= 15 is 0 Å². The molecule has 6 heteroatoms. The van der Waals surface area contributed by atoms with Crippen LogP contribution in [0, 0.1) is 12.7 Å². The van der Waals surface area contributed by atoms with Crippen LogP contribution >= 0.6 is 0 Å². The second-order valence-corrected chi connectivity index (χ2v) is 4.97. The molecule has 0 aliphatic rings. The van der Waals surface area contributed by atoms with Crippen molar-refractivity contribution in [3.8, 4) is 0 Å². The number of carbonyl (C=O) groups is 2. The molecule has 118 valence electrons. The van der Waals surface area contributed by atoms with Crippen molar-refractivity contribution in [1.29, 1.82) is 0 Å². The van der Waals surface area contributed by atoms with E-state index in [1.807, 2.05) is 19.1 Å². The van der Waals surface area contributed by atoms with E-state index in [1.54, 1.807) is 19.1 Å². The highest BCUT2D eigenvalue weighted by atomic mass is 19.1. The molecule has 0 aliphatic carbocycles. The van der Waals surface area contributed by atoms with E-state index in [0.29, 0.717) is 17.0 Å². The Hall–Kier alpha value is -3.02. The highest BCUT2D eigenvalue weighted by molar-refractivity contribution is 6.39. The van der Waals surface area contributed by atoms with Gasteiger partial charge in [-0.05, 0) is 43.7 Å². The summed E-state index contributed by atoms with van der Waals surface area (Å²) in [4.78, 5) is 23.5. The number of hydrazone groups is 1. The quantitative estimate of drug-likeness (QED) is 0.519. The zero-order valence-electron chi connectivity index (χ0n) is 12.8. The Morgan fingerprint density at radius 3 is 2.17 bits per heavy atom. The third-order valence-corrected chi connectivity index (χ3v) is 3.10. The molecule has 0 aliphatic heterocycles. The van der Waals surface area contributed by atoms with E-state index in [1.165, 1.54) is 24.3 Å². The van der Waals surface area contributed by atoms with Crippen molar-refractivity contribution in [1.82, 2.24) is 5.43 Å². The monoisotopic (exact) mass is 313 g/mol. The average Bonchev–Trinajstić information content (AvgIpc) is 2.55. The molecule has 0 saturated carbocycles. The minimum absolute atomic E-state index is 0.358. The standard InChI is InChI=1S/C17H16FN3O2/c1-11-3-9-15(10-4-11)19-16(22)17(23)21-20-12(2)13-5-7-14(18)8-6-13/h3-10H,1-2H3,(H,19,22)(H,21,23)/b20-12+. The lowest BCUT2D eigenvalue weighted by molar-refractivity contribution is -0.136. The van der Waals surface area contributed by atoms with E-state index in [0.717, 1.165) is 5.56 Å². The van der Waals surface area contributed by atoms with Gasteiger partial charge in [-0.1, -0.05) is 29.8 Å². The molecule has 2 N–H and O–H groups in total. The first kappa shape index (κ1) is 16.4. The molecule has 0 bridgehead atoms. The molecule has 2 aromatic carbocycles. The van der Waals surface area contributed by atoms with Crippen LogP contribution in [0.3, 0.4) is 0 Å². The fourth-order valence-electron chi connectivity index (χ4n) is 1.77. The van der Waals surface area contributed by atoms with Crippen LogP contribution in [0.2, 0.25) is 0 Å². The Labute approximate surface area is 133 Å². The molecule has 0 heterocycles. The van der Waals surface area contributed by atoms with Gasteiger partial charge in [0.15, 0.2) is 0 Å². The maximum absolute atomic E-state index is 12.8. The topological polar surface area (TPSA) is 70.6 Å². The summed E-state index contributed by atoms with van der Waals surface area (Å²) < 4.78 is 12.8. The maximum atomic E-state index is 12.8. The summed E-state index contributed by atoms with van der Waals surface area (Å²) in [5, 5.41) is 6.30. The molecule has 23 heavy (non-hydrogen) atoms. The van der Waals surface area contributed by atoms with E-state index < -0.39 is 11.8 Å². The lowest BCUT2D eigenvalue weighted by Gasteiger charge is -2.05. The minimum atomic E-state index is -0.882. The van der Waals surface area contributed by atoms with Crippen LogP contribution in [0.5, 0.6) is 0 Å². The van der Waals surface area contributed by atoms with Crippen molar-refractivity contribution in [2.45, 2.75) is 13.8 Å². The van der Waals surface area contributed by atoms with Crippen LogP contribution in [0.25, 0.3) is 0 Å². The Morgan fingerprint density at radius 2 is 1.57 bits per heavy atom. The molecule has 0 spiro atoms.